The third kappa shape index (κ3) is 4.71. The van der Waals surface area contributed by atoms with Crippen molar-refractivity contribution in [1.29, 1.82) is 0 Å². The quantitative estimate of drug-likeness (QED) is 0.393. The van der Waals surface area contributed by atoms with Gasteiger partial charge in [0.2, 0.25) is 5.95 Å². The average Bonchev–Trinajstić information content (AvgIpc) is 3.65. The number of rotatable bonds is 8. The van der Waals surface area contributed by atoms with Crippen molar-refractivity contribution >= 4 is 6.21 Å². The number of hydrogen-bond acceptors (Lipinski definition) is 6. The number of nitrogens with one attached hydrogen (secondary N) is 1. The summed E-state index contributed by atoms with van der Waals surface area (Å²) in [5, 5.41) is 14.3. The summed E-state index contributed by atoms with van der Waals surface area (Å²) >= 11 is 0. The maximum Gasteiger partial charge on any atom is 0.335 e. The number of imidazole rings is 2. The minimum Gasteiger partial charge on any atom is -0.311 e. The molecule has 1 N–H and O–H groups in total. The Kier molecular flexibility index (Phi) is 6.49. The molecule has 5 rings (SSSR count). The van der Waals surface area contributed by atoms with E-state index in [0.29, 0.717) is 24.7 Å². The van der Waals surface area contributed by atoms with Crippen molar-refractivity contribution in [3.63, 3.8) is 0 Å². The fraction of sp³-hybridized carbons (Fsp3) is 0.407. The van der Waals surface area contributed by atoms with Gasteiger partial charge < -0.3 is 4.57 Å². The Hall–Kier alpha value is -4.08. The molecule has 1 unspecified atom stereocenters. The van der Waals surface area contributed by atoms with E-state index >= 15 is 0 Å². The van der Waals surface area contributed by atoms with Gasteiger partial charge in [0.05, 0.1) is 0 Å². The minimum absolute atomic E-state index is 0.0892. The normalized spacial score (nSPS) is 17.5. The van der Waals surface area contributed by atoms with Crippen molar-refractivity contribution in [3.05, 3.63) is 76.9 Å². The molecule has 0 amide bonds. The number of nitrogens with zero attached hydrogens (tertiary/aromatic N) is 8. The second-order valence-electron chi connectivity index (χ2n) is 10.6. The fourth-order valence-electron chi connectivity index (χ4n) is 4.89. The number of allylic oxidation sites excluding steroid dienone is 1. The van der Waals surface area contributed by atoms with Crippen LogP contribution in [-0.4, -0.2) is 45.5 Å². The predicted octanol–water partition coefficient (Wildman–Crippen LogP) is 4.04. The smallest absolute Gasteiger partial charge is 0.311 e. The number of aliphatic imine (C=N–C) groups is 1. The van der Waals surface area contributed by atoms with Gasteiger partial charge in [0.15, 0.2) is 5.82 Å². The van der Waals surface area contributed by atoms with Crippen molar-refractivity contribution in [2.75, 3.05) is 0 Å². The molecule has 0 aliphatic carbocycles. The molecule has 0 spiro atoms. The van der Waals surface area contributed by atoms with Crippen molar-refractivity contribution in [3.8, 4) is 17.3 Å². The summed E-state index contributed by atoms with van der Waals surface area (Å²) < 4.78 is 5.66. The molecule has 1 aliphatic rings. The highest BCUT2D eigenvalue weighted by atomic mass is 16.1. The SMILES string of the molecule is CCCCc1cn(-c2nccn2C(C)(C)C)c(=O)n1CC1(c2cccc(-c3nnn[nH]3)c2)C=CN=CC1. The first-order valence-electron chi connectivity index (χ1n) is 12.7. The second-order valence-corrected chi connectivity index (χ2v) is 10.6. The Labute approximate surface area is 215 Å². The van der Waals surface area contributed by atoms with Crippen molar-refractivity contribution < 1.29 is 0 Å². The summed E-state index contributed by atoms with van der Waals surface area (Å²) in [5.74, 6) is 1.23. The lowest BCUT2D eigenvalue weighted by Crippen LogP contribution is -2.37. The molecule has 4 heterocycles. The molecule has 1 atom stereocenters. The summed E-state index contributed by atoms with van der Waals surface area (Å²) in [6, 6.07) is 8.16. The highest BCUT2D eigenvalue weighted by Crippen LogP contribution is 2.35. The molecule has 10 heteroatoms. The zero-order valence-corrected chi connectivity index (χ0v) is 21.8. The molecule has 4 aromatic rings. The molecular formula is C27H33N9O. The highest BCUT2D eigenvalue weighted by molar-refractivity contribution is 5.65. The topological polar surface area (TPSA) is 112 Å². The van der Waals surface area contributed by atoms with Gasteiger partial charge in [0, 0.05) is 59.8 Å². The van der Waals surface area contributed by atoms with Crippen molar-refractivity contribution in [1.82, 2.24) is 39.3 Å². The molecule has 192 valence electrons. The molecular weight excluding hydrogens is 466 g/mol. The van der Waals surface area contributed by atoms with Gasteiger partial charge in [0.25, 0.3) is 0 Å². The van der Waals surface area contributed by atoms with Gasteiger partial charge >= 0.3 is 5.69 Å². The molecule has 0 radical (unpaired) electrons. The Morgan fingerprint density at radius 1 is 1.22 bits per heavy atom. The number of tetrazole rings is 1. The number of H-pyrrole nitrogens is 1. The molecule has 1 aromatic carbocycles. The lowest BCUT2D eigenvalue weighted by Gasteiger charge is -2.32. The number of unbranched alkanes of at least 4 members (excludes halogenated alkanes) is 1. The average molecular weight is 500 g/mol. The van der Waals surface area contributed by atoms with E-state index in [4.69, 9.17) is 0 Å². The van der Waals surface area contributed by atoms with Crippen LogP contribution >= 0.6 is 0 Å². The van der Waals surface area contributed by atoms with E-state index < -0.39 is 5.41 Å². The van der Waals surface area contributed by atoms with Crippen LogP contribution in [0.4, 0.5) is 0 Å². The van der Waals surface area contributed by atoms with Crippen LogP contribution in [0, 0.1) is 0 Å². The number of benzene rings is 1. The molecule has 10 nitrogen and oxygen atoms in total. The summed E-state index contributed by atoms with van der Waals surface area (Å²) in [7, 11) is 0. The lowest BCUT2D eigenvalue weighted by molar-refractivity contribution is 0.389. The molecule has 37 heavy (non-hydrogen) atoms. The zero-order valence-electron chi connectivity index (χ0n) is 21.8. The van der Waals surface area contributed by atoms with Gasteiger partial charge in [-0.2, -0.15) is 0 Å². The Morgan fingerprint density at radius 2 is 2.08 bits per heavy atom. The van der Waals surface area contributed by atoms with Crippen LogP contribution in [0.3, 0.4) is 0 Å². The second kappa shape index (κ2) is 9.76. The Morgan fingerprint density at radius 3 is 2.78 bits per heavy atom. The third-order valence-electron chi connectivity index (χ3n) is 6.94. The van der Waals surface area contributed by atoms with Crippen molar-refractivity contribution in [2.45, 2.75) is 70.9 Å². The van der Waals surface area contributed by atoms with E-state index in [-0.39, 0.29) is 11.2 Å². The first-order chi connectivity index (χ1) is 17.8. The molecule has 0 saturated carbocycles. The minimum atomic E-state index is -0.457. The molecule has 3 aromatic heterocycles. The summed E-state index contributed by atoms with van der Waals surface area (Å²) in [6.07, 6.45) is 15.0. The van der Waals surface area contributed by atoms with Crippen LogP contribution in [0.5, 0.6) is 0 Å². The predicted molar refractivity (Wildman–Crippen MR) is 143 cm³/mol. The largest absolute Gasteiger partial charge is 0.335 e. The van der Waals surface area contributed by atoms with Crippen LogP contribution in [0.25, 0.3) is 17.3 Å². The van der Waals surface area contributed by atoms with E-state index in [2.05, 4.69) is 76.5 Å². The summed E-state index contributed by atoms with van der Waals surface area (Å²) in [6.45, 7) is 8.97. The van der Waals surface area contributed by atoms with Gasteiger partial charge in [-0.3, -0.25) is 9.56 Å². The van der Waals surface area contributed by atoms with Gasteiger partial charge in [-0.05, 0) is 62.1 Å². The van der Waals surface area contributed by atoms with Crippen LogP contribution in [0.15, 0.2) is 64.9 Å². The van der Waals surface area contributed by atoms with Gasteiger partial charge in [-0.15, -0.1) is 5.10 Å². The highest BCUT2D eigenvalue weighted by Gasteiger charge is 2.33. The van der Waals surface area contributed by atoms with Crippen molar-refractivity contribution in [2.24, 2.45) is 4.99 Å². The van der Waals surface area contributed by atoms with E-state index in [0.717, 1.165) is 36.1 Å². The molecule has 0 fully saturated rings. The van der Waals surface area contributed by atoms with E-state index in [1.807, 2.05) is 46.1 Å². The maximum atomic E-state index is 14.0. The summed E-state index contributed by atoms with van der Waals surface area (Å²) in [5.41, 5.74) is 2.20. The number of hydrogen-bond donors (Lipinski definition) is 1. The van der Waals surface area contributed by atoms with Gasteiger partial charge in [-0.25, -0.2) is 19.4 Å². The third-order valence-corrected chi connectivity index (χ3v) is 6.94. The van der Waals surface area contributed by atoms with Gasteiger partial charge in [0.1, 0.15) is 0 Å². The van der Waals surface area contributed by atoms with E-state index in [9.17, 15) is 4.79 Å². The monoisotopic (exact) mass is 499 g/mol. The fourth-order valence-corrected chi connectivity index (χ4v) is 4.89. The van der Waals surface area contributed by atoms with Crippen LogP contribution in [0.2, 0.25) is 0 Å². The van der Waals surface area contributed by atoms with E-state index in [1.54, 1.807) is 10.8 Å². The Bertz CT molecular complexity index is 1480. The maximum absolute atomic E-state index is 14.0. The number of aromatic amines is 1. The van der Waals surface area contributed by atoms with Crippen LogP contribution in [-0.2, 0) is 23.9 Å². The molecule has 0 bridgehead atoms. The summed E-state index contributed by atoms with van der Waals surface area (Å²) in [4.78, 5) is 22.9. The van der Waals surface area contributed by atoms with E-state index in [1.165, 1.54) is 0 Å². The zero-order chi connectivity index (χ0) is 26.0. The van der Waals surface area contributed by atoms with Crippen LogP contribution < -0.4 is 5.69 Å². The standard InChI is InChI=1S/C27H33N9O/c1-5-6-10-22-18-34(24-29-15-16-36(24)26(2,3)4)25(37)35(22)19-27(11-13-28-14-12-27)21-9-7-8-20(17-21)23-30-32-33-31-23/h7-9,11,13-18H,5-6,10,12,19H2,1-4H3,(H,30,31,32,33). The number of aromatic nitrogens is 8. The first-order valence-corrected chi connectivity index (χ1v) is 12.7. The van der Waals surface area contributed by atoms with Gasteiger partial charge in [-0.1, -0.05) is 37.6 Å². The van der Waals surface area contributed by atoms with Crippen LogP contribution in [0.1, 0.15) is 58.2 Å². The lowest BCUT2D eigenvalue weighted by atomic mass is 9.76. The number of aryl methyl sites for hydroxylation is 1. The molecule has 1 aliphatic heterocycles. The molecule has 0 saturated heterocycles. The Balaban J connectivity index is 1.62. The first kappa shape index (κ1) is 24.6.